The van der Waals surface area contributed by atoms with Crippen LogP contribution in [0.2, 0.25) is 0 Å². The minimum Gasteiger partial charge on any atom is -0.369 e. The second kappa shape index (κ2) is 5.71. The third kappa shape index (κ3) is 3.58. The van der Waals surface area contributed by atoms with Gasteiger partial charge in [-0.1, -0.05) is 12.1 Å². The number of rotatable bonds is 3. The fourth-order valence-corrected chi connectivity index (χ4v) is 2.02. The fraction of sp³-hybridized carbons (Fsp3) is 0.125. The monoisotopic (exact) mass is 416 g/mol. The molecule has 0 fully saturated rings. The zero-order chi connectivity index (χ0) is 10.6. The van der Waals surface area contributed by atoms with Gasteiger partial charge in [-0.25, -0.2) is 0 Å². The largest absolute Gasteiger partial charge is 0.369 e. The normalized spacial score (nSPS) is 9.86. The lowest BCUT2D eigenvalue weighted by molar-refractivity contribution is 0.398. The molecule has 1 aromatic carbocycles. The van der Waals surface area contributed by atoms with Gasteiger partial charge in [0, 0.05) is 26.4 Å². The second-order valence-electron chi connectivity index (χ2n) is 2.69. The molecule has 0 amide bonds. The van der Waals surface area contributed by atoms with E-state index in [0.29, 0.717) is 6.54 Å². The van der Waals surface area contributed by atoms with Gasteiger partial charge in [0.15, 0.2) is 0 Å². The lowest BCUT2D eigenvalue weighted by Gasteiger charge is -2.19. The van der Waals surface area contributed by atoms with Crippen molar-refractivity contribution in [2.75, 3.05) is 0 Å². The van der Waals surface area contributed by atoms with E-state index >= 15 is 0 Å². The van der Waals surface area contributed by atoms with Crippen molar-refractivity contribution in [2.24, 2.45) is 5.73 Å². The summed E-state index contributed by atoms with van der Waals surface area (Å²) in [6.07, 6.45) is 0. The quantitative estimate of drug-likeness (QED) is 0.232. The van der Waals surface area contributed by atoms with Gasteiger partial charge in [0.05, 0.1) is 6.54 Å². The zero-order valence-corrected chi connectivity index (χ0v) is 11.6. The van der Waals surface area contributed by atoms with Gasteiger partial charge in [-0.2, -0.15) is 3.64 Å². The molecule has 1 aromatic rings. The predicted molar refractivity (Wildman–Crippen MR) is 73.8 cm³/mol. The number of hydrogen-bond acceptors (Lipinski definition) is 2. The number of nitrogens with two attached hydrogens (primary N) is 1. The average molecular weight is 416 g/mol. The molecule has 0 unspecified atom stereocenters. The molecule has 4 N–H and O–H groups in total. The van der Waals surface area contributed by atoms with Crippen LogP contribution >= 0.6 is 45.5 Å². The van der Waals surface area contributed by atoms with Crippen molar-refractivity contribution in [3.63, 3.8) is 0 Å². The maximum Gasteiger partial charge on any atom is 0.204 e. The Labute approximate surface area is 110 Å². The molecule has 0 atom stereocenters. The molecule has 0 saturated heterocycles. The van der Waals surface area contributed by atoms with Crippen LogP contribution in [-0.4, -0.2) is 11.0 Å². The van der Waals surface area contributed by atoms with Crippen molar-refractivity contribution in [3.8, 4) is 0 Å². The van der Waals surface area contributed by atoms with E-state index in [1.165, 1.54) is 3.57 Å². The lowest BCUT2D eigenvalue weighted by atomic mass is 10.2. The Morgan fingerprint density at radius 2 is 2.29 bits per heavy atom. The number of halogens is 2. The minimum absolute atomic E-state index is 0.0123. The molecule has 1 rings (SSSR count). The molecule has 0 aliphatic heterocycles. The lowest BCUT2D eigenvalue weighted by Crippen LogP contribution is -2.41. The highest BCUT2D eigenvalue weighted by molar-refractivity contribution is 14.1. The summed E-state index contributed by atoms with van der Waals surface area (Å²) >= 11 is 4.21. The molecule has 0 saturated carbocycles. The third-order valence-corrected chi connectivity index (χ3v) is 2.88. The summed E-state index contributed by atoms with van der Waals surface area (Å²) in [5, 5.41) is 8.85. The highest BCUT2D eigenvalue weighted by atomic mass is 127. The van der Waals surface area contributed by atoms with Crippen LogP contribution in [0.4, 0.5) is 0 Å². The fourth-order valence-electron chi connectivity index (χ4n) is 0.978. The first-order chi connectivity index (χ1) is 6.63. The third-order valence-electron chi connectivity index (χ3n) is 1.62. The summed E-state index contributed by atoms with van der Waals surface area (Å²) in [6, 6.07) is 8.08. The van der Waals surface area contributed by atoms with Gasteiger partial charge < -0.3 is 5.73 Å². The molecule has 4 nitrogen and oxygen atoms in total. The molecule has 0 heterocycles. The summed E-state index contributed by atoms with van der Waals surface area (Å²) in [5.74, 6) is 0.0123. The van der Waals surface area contributed by atoms with Gasteiger partial charge in [-0.15, -0.1) is 0 Å². The summed E-state index contributed by atoms with van der Waals surface area (Å²) in [4.78, 5) is 0. The zero-order valence-electron chi connectivity index (χ0n) is 7.30. The molecule has 0 aliphatic carbocycles. The Morgan fingerprint density at radius 1 is 1.57 bits per heavy atom. The van der Waals surface area contributed by atoms with Gasteiger partial charge in [-0.3, -0.25) is 10.4 Å². The number of guanidine groups is 1. The van der Waals surface area contributed by atoms with E-state index in [1.807, 2.05) is 41.1 Å². The summed E-state index contributed by atoms with van der Waals surface area (Å²) in [5.41, 5.74) is 6.49. The smallest absolute Gasteiger partial charge is 0.204 e. The number of benzene rings is 1. The van der Waals surface area contributed by atoms with E-state index < -0.39 is 0 Å². The van der Waals surface area contributed by atoms with Gasteiger partial charge in [0.1, 0.15) is 0 Å². The van der Waals surface area contributed by atoms with Crippen LogP contribution in [-0.2, 0) is 6.54 Å². The highest BCUT2D eigenvalue weighted by Crippen LogP contribution is 2.09. The number of nitrogens with one attached hydrogen (secondary N) is 2. The van der Waals surface area contributed by atoms with Gasteiger partial charge in [0.25, 0.3) is 0 Å². The van der Waals surface area contributed by atoms with E-state index in [-0.39, 0.29) is 5.96 Å². The van der Waals surface area contributed by atoms with Gasteiger partial charge in [0.2, 0.25) is 5.96 Å². The van der Waals surface area contributed by atoms with E-state index in [4.69, 9.17) is 11.1 Å². The molecule has 0 spiro atoms. The first-order valence-electron chi connectivity index (χ1n) is 3.86. The van der Waals surface area contributed by atoms with Crippen molar-refractivity contribution in [2.45, 2.75) is 6.54 Å². The Morgan fingerprint density at radius 3 is 2.79 bits per heavy atom. The minimum atomic E-state index is 0.0123. The van der Waals surface area contributed by atoms with Crippen molar-refractivity contribution in [3.05, 3.63) is 33.4 Å². The standard InChI is InChI=1S/C8H10I2N4/c9-7-3-1-2-6(4-7)5-14(13-10)8(11)12/h1-4,13H,5H2,(H3,11,12). The Bertz CT molecular complexity index is 329. The Balaban J connectivity index is 2.72. The van der Waals surface area contributed by atoms with Crippen LogP contribution in [0.25, 0.3) is 0 Å². The topological polar surface area (TPSA) is 65.1 Å². The summed E-state index contributed by atoms with van der Waals surface area (Å²) in [6.45, 7) is 0.592. The van der Waals surface area contributed by atoms with E-state index in [2.05, 4.69) is 32.3 Å². The average Bonchev–Trinajstić information content (AvgIpc) is 2.14. The Hall–Kier alpha value is -0.0900. The number of hydrogen-bond donors (Lipinski definition) is 3. The van der Waals surface area contributed by atoms with Crippen molar-refractivity contribution in [1.29, 1.82) is 5.41 Å². The van der Waals surface area contributed by atoms with E-state index in [0.717, 1.165) is 5.56 Å². The Kier molecular flexibility index (Phi) is 4.89. The molecule has 0 aliphatic rings. The van der Waals surface area contributed by atoms with E-state index in [1.54, 1.807) is 5.01 Å². The second-order valence-corrected chi connectivity index (χ2v) is 4.41. The van der Waals surface area contributed by atoms with Crippen LogP contribution in [0.3, 0.4) is 0 Å². The molecule has 0 bridgehead atoms. The van der Waals surface area contributed by atoms with Gasteiger partial charge >= 0.3 is 0 Å². The molecule has 6 heteroatoms. The van der Waals surface area contributed by atoms with Crippen molar-refractivity contribution in [1.82, 2.24) is 8.65 Å². The summed E-state index contributed by atoms with van der Waals surface area (Å²) in [7, 11) is 0. The molecular formula is C8H10I2N4. The van der Waals surface area contributed by atoms with Crippen molar-refractivity contribution < 1.29 is 0 Å². The maximum atomic E-state index is 7.29. The number of nitrogens with zero attached hydrogens (tertiary/aromatic N) is 1. The number of hydrazine groups is 1. The van der Waals surface area contributed by atoms with Crippen LogP contribution in [0.15, 0.2) is 24.3 Å². The highest BCUT2D eigenvalue weighted by Gasteiger charge is 2.05. The van der Waals surface area contributed by atoms with Crippen LogP contribution in [0, 0.1) is 8.98 Å². The molecule has 76 valence electrons. The van der Waals surface area contributed by atoms with E-state index in [9.17, 15) is 0 Å². The van der Waals surface area contributed by atoms with Crippen LogP contribution in [0.5, 0.6) is 0 Å². The predicted octanol–water partition coefficient (Wildman–Crippen LogP) is 1.84. The van der Waals surface area contributed by atoms with Crippen molar-refractivity contribution >= 4 is 51.4 Å². The molecular weight excluding hydrogens is 406 g/mol. The maximum absolute atomic E-state index is 7.29. The first-order valence-corrected chi connectivity index (χ1v) is 6.01. The SMILES string of the molecule is N=C(N)N(Cc1cccc(I)c1)NI. The molecule has 0 radical (unpaired) electrons. The summed E-state index contributed by atoms with van der Waals surface area (Å²) < 4.78 is 4.00. The molecule has 14 heavy (non-hydrogen) atoms. The van der Waals surface area contributed by atoms with Gasteiger partial charge in [-0.05, 0) is 40.3 Å². The molecule has 0 aromatic heterocycles. The van der Waals surface area contributed by atoms with Crippen LogP contribution in [0.1, 0.15) is 5.56 Å². The first kappa shape index (κ1) is 12.0. The van der Waals surface area contributed by atoms with Crippen LogP contribution < -0.4 is 9.37 Å².